The molecule has 0 aromatic heterocycles. The molecule has 118 valence electrons. The first-order chi connectivity index (χ1) is 10.1. The number of hydrogen-bond donors (Lipinski definition) is 1. The molecule has 1 saturated heterocycles. The number of aliphatic hydroxyl groups is 1. The van der Waals surface area contributed by atoms with E-state index in [0.717, 1.165) is 44.2 Å². The number of aliphatic hydroxyl groups excluding tert-OH is 1. The summed E-state index contributed by atoms with van der Waals surface area (Å²) in [6, 6.07) is 8.58. The third kappa shape index (κ3) is 5.26. The molecule has 1 N–H and O–H groups in total. The molecule has 21 heavy (non-hydrogen) atoms. The van der Waals surface area contributed by atoms with Crippen LogP contribution in [-0.2, 0) is 6.54 Å². The van der Waals surface area contributed by atoms with Crippen molar-refractivity contribution in [2.75, 3.05) is 32.8 Å². The van der Waals surface area contributed by atoms with Gasteiger partial charge in [0.1, 0.15) is 0 Å². The van der Waals surface area contributed by atoms with Gasteiger partial charge in [-0.2, -0.15) is 0 Å². The lowest BCUT2D eigenvalue weighted by molar-refractivity contribution is 0.0477. The first kappa shape index (κ1) is 16.8. The summed E-state index contributed by atoms with van der Waals surface area (Å²) in [7, 11) is 0. The first-order valence-electron chi connectivity index (χ1n) is 7.90. The Morgan fingerprint density at radius 3 is 2.57 bits per heavy atom. The third-order valence-electron chi connectivity index (χ3n) is 4.07. The van der Waals surface area contributed by atoms with Crippen molar-refractivity contribution in [3.63, 3.8) is 0 Å². The predicted molar refractivity (Wildman–Crippen MR) is 88.6 cm³/mol. The molecule has 0 amide bonds. The molecule has 4 heteroatoms. The third-order valence-corrected chi connectivity index (χ3v) is 4.32. The fraction of sp³-hybridized carbons (Fsp3) is 0.647. The maximum atomic E-state index is 9.32. The molecule has 0 radical (unpaired) electrons. The Morgan fingerprint density at radius 2 is 1.95 bits per heavy atom. The molecule has 1 aliphatic rings. The van der Waals surface area contributed by atoms with E-state index in [1.54, 1.807) is 0 Å². The maximum Gasteiger partial charge on any atom is 0.0446 e. The zero-order valence-corrected chi connectivity index (χ0v) is 13.9. The molecule has 1 heterocycles. The van der Waals surface area contributed by atoms with Gasteiger partial charge in [0.2, 0.25) is 0 Å². The van der Waals surface area contributed by atoms with Crippen LogP contribution in [0.4, 0.5) is 0 Å². The van der Waals surface area contributed by atoms with Crippen molar-refractivity contribution in [1.29, 1.82) is 0 Å². The number of nitrogens with zero attached hydrogens (tertiary/aromatic N) is 2. The largest absolute Gasteiger partial charge is 0.396 e. The highest BCUT2D eigenvalue weighted by Gasteiger charge is 2.26. The normalized spacial score (nSPS) is 21.1. The van der Waals surface area contributed by atoms with Gasteiger partial charge in [-0.1, -0.05) is 37.6 Å². The molecule has 3 nitrogen and oxygen atoms in total. The summed E-state index contributed by atoms with van der Waals surface area (Å²) in [5, 5.41) is 10.1. The van der Waals surface area contributed by atoms with Crippen LogP contribution < -0.4 is 0 Å². The average Bonchev–Trinajstić information content (AvgIpc) is 2.44. The van der Waals surface area contributed by atoms with Crippen molar-refractivity contribution in [2.24, 2.45) is 5.92 Å². The minimum atomic E-state index is 0.272. The fourth-order valence-electron chi connectivity index (χ4n) is 3.08. The first-order valence-corrected chi connectivity index (χ1v) is 8.28. The number of rotatable bonds is 6. The van der Waals surface area contributed by atoms with Crippen molar-refractivity contribution in [3.05, 3.63) is 34.9 Å². The Morgan fingerprint density at radius 1 is 1.24 bits per heavy atom. The predicted octanol–water partition coefficient (Wildman–Crippen LogP) is 2.86. The topological polar surface area (TPSA) is 26.7 Å². The van der Waals surface area contributed by atoms with Crippen molar-refractivity contribution >= 4 is 11.6 Å². The van der Waals surface area contributed by atoms with Crippen LogP contribution in [0.3, 0.4) is 0 Å². The van der Waals surface area contributed by atoms with Gasteiger partial charge in [0.15, 0.2) is 0 Å². The van der Waals surface area contributed by atoms with E-state index in [0.29, 0.717) is 12.0 Å². The van der Waals surface area contributed by atoms with Crippen LogP contribution in [0.1, 0.15) is 25.8 Å². The van der Waals surface area contributed by atoms with E-state index in [-0.39, 0.29) is 6.61 Å². The van der Waals surface area contributed by atoms with Crippen LogP contribution in [0, 0.1) is 5.92 Å². The molecular formula is C17H27ClN2O. The second-order valence-corrected chi connectivity index (χ2v) is 6.85. The molecule has 2 rings (SSSR count). The molecular weight excluding hydrogens is 284 g/mol. The van der Waals surface area contributed by atoms with Crippen molar-refractivity contribution < 1.29 is 5.11 Å². The van der Waals surface area contributed by atoms with Crippen molar-refractivity contribution in [3.8, 4) is 0 Å². The highest BCUT2D eigenvalue weighted by Crippen LogP contribution is 2.18. The number of benzene rings is 1. The maximum absolute atomic E-state index is 9.32. The van der Waals surface area contributed by atoms with Crippen LogP contribution in [-0.4, -0.2) is 53.7 Å². The second-order valence-electron chi connectivity index (χ2n) is 6.42. The molecule has 1 aromatic carbocycles. The van der Waals surface area contributed by atoms with Crippen LogP contribution >= 0.6 is 11.6 Å². The Bertz CT molecular complexity index is 421. The number of piperazine rings is 1. The Kier molecular flexibility index (Phi) is 6.49. The molecule has 0 bridgehead atoms. The van der Waals surface area contributed by atoms with Gasteiger partial charge in [-0.05, 0) is 30.0 Å². The fourth-order valence-corrected chi connectivity index (χ4v) is 3.21. The van der Waals surface area contributed by atoms with Crippen molar-refractivity contribution in [2.45, 2.75) is 32.9 Å². The summed E-state index contributed by atoms with van der Waals surface area (Å²) in [4.78, 5) is 5.03. The molecule has 1 unspecified atom stereocenters. The van der Waals surface area contributed by atoms with Gasteiger partial charge in [0.25, 0.3) is 0 Å². The quantitative estimate of drug-likeness (QED) is 0.875. The molecule has 0 saturated carbocycles. The number of hydrogen-bond acceptors (Lipinski definition) is 3. The summed E-state index contributed by atoms with van der Waals surface area (Å²) in [6.45, 7) is 10.1. The molecule has 1 aromatic rings. The SMILES string of the molecule is CC(C)CN1CCN(Cc2ccc(Cl)cc2)CC1CCO. The van der Waals surface area contributed by atoms with E-state index in [1.807, 2.05) is 12.1 Å². The monoisotopic (exact) mass is 310 g/mol. The van der Waals surface area contributed by atoms with Gasteiger partial charge in [0.05, 0.1) is 0 Å². The van der Waals surface area contributed by atoms with E-state index < -0.39 is 0 Å². The summed E-state index contributed by atoms with van der Waals surface area (Å²) < 4.78 is 0. The van der Waals surface area contributed by atoms with E-state index >= 15 is 0 Å². The van der Waals surface area contributed by atoms with Gasteiger partial charge in [-0.25, -0.2) is 0 Å². The smallest absolute Gasteiger partial charge is 0.0446 e. The molecule has 0 spiro atoms. The minimum absolute atomic E-state index is 0.272. The zero-order valence-electron chi connectivity index (χ0n) is 13.1. The van der Waals surface area contributed by atoms with Crippen LogP contribution in [0.5, 0.6) is 0 Å². The highest BCUT2D eigenvalue weighted by atomic mass is 35.5. The van der Waals surface area contributed by atoms with E-state index in [1.165, 1.54) is 5.56 Å². The lowest BCUT2D eigenvalue weighted by atomic mass is 10.1. The molecule has 1 atom stereocenters. The van der Waals surface area contributed by atoms with Gasteiger partial charge < -0.3 is 5.11 Å². The zero-order chi connectivity index (χ0) is 15.2. The van der Waals surface area contributed by atoms with Gasteiger partial charge in [-0.15, -0.1) is 0 Å². The molecule has 0 aliphatic carbocycles. The average molecular weight is 311 g/mol. The van der Waals surface area contributed by atoms with Crippen LogP contribution in [0.2, 0.25) is 5.02 Å². The Labute approximate surface area is 133 Å². The summed E-state index contributed by atoms with van der Waals surface area (Å²) in [6.07, 6.45) is 0.865. The molecule has 1 aliphatic heterocycles. The van der Waals surface area contributed by atoms with Gasteiger partial charge in [0, 0.05) is 50.4 Å². The van der Waals surface area contributed by atoms with Crippen LogP contribution in [0.25, 0.3) is 0 Å². The van der Waals surface area contributed by atoms with E-state index in [4.69, 9.17) is 11.6 Å². The van der Waals surface area contributed by atoms with Gasteiger partial charge >= 0.3 is 0 Å². The lowest BCUT2D eigenvalue weighted by Gasteiger charge is -2.42. The van der Waals surface area contributed by atoms with E-state index in [9.17, 15) is 5.11 Å². The standard InChI is InChI=1S/C17H27ClN2O/c1-14(2)11-20-9-8-19(13-17(20)7-10-21)12-15-3-5-16(18)6-4-15/h3-6,14,17,21H,7-13H2,1-2H3. The molecule has 1 fully saturated rings. The highest BCUT2D eigenvalue weighted by molar-refractivity contribution is 6.30. The van der Waals surface area contributed by atoms with Gasteiger partial charge in [-0.3, -0.25) is 9.80 Å². The summed E-state index contributed by atoms with van der Waals surface area (Å²) in [5.74, 6) is 0.675. The second kappa shape index (κ2) is 8.14. The summed E-state index contributed by atoms with van der Waals surface area (Å²) >= 11 is 5.94. The number of halogens is 1. The summed E-state index contributed by atoms with van der Waals surface area (Å²) in [5.41, 5.74) is 1.31. The van der Waals surface area contributed by atoms with Crippen LogP contribution in [0.15, 0.2) is 24.3 Å². The minimum Gasteiger partial charge on any atom is -0.396 e. The van der Waals surface area contributed by atoms with E-state index in [2.05, 4.69) is 35.8 Å². The Hall–Kier alpha value is -0.610. The Balaban J connectivity index is 1.93. The lowest BCUT2D eigenvalue weighted by Crippen LogP contribution is -2.53. The van der Waals surface area contributed by atoms with Crippen molar-refractivity contribution in [1.82, 2.24) is 9.80 Å².